The fourth-order valence-electron chi connectivity index (χ4n) is 1.70. The van der Waals surface area contributed by atoms with Gasteiger partial charge in [0.15, 0.2) is 5.82 Å². The molecule has 9 nitrogen and oxygen atoms in total. The van der Waals surface area contributed by atoms with Crippen LogP contribution in [0, 0.1) is 6.92 Å². The second-order valence-corrected chi connectivity index (χ2v) is 4.38. The number of nitrogens with one attached hydrogen (secondary N) is 1. The Bertz CT molecular complexity index is 669. The zero-order chi connectivity index (χ0) is 15.4. The Morgan fingerprint density at radius 3 is 2.86 bits per heavy atom. The monoisotopic (exact) mass is 290 g/mol. The summed E-state index contributed by atoms with van der Waals surface area (Å²) >= 11 is 0. The molecule has 2 rings (SSSR count). The van der Waals surface area contributed by atoms with Crippen molar-refractivity contribution in [2.75, 3.05) is 5.32 Å². The number of hydrogen-bond donors (Lipinski definition) is 3. The topological polar surface area (TPSA) is 136 Å². The molecule has 0 radical (unpaired) electrons. The number of aliphatic carboxylic acids is 1. The average Bonchev–Trinajstić information content (AvgIpc) is 2.84. The number of aromatic nitrogens is 4. The van der Waals surface area contributed by atoms with Gasteiger partial charge < -0.3 is 16.2 Å². The van der Waals surface area contributed by atoms with Crippen LogP contribution < -0.4 is 11.1 Å². The second-order valence-electron chi connectivity index (χ2n) is 4.38. The van der Waals surface area contributed by atoms with Crippen LogP contribution in [0.4, 0.5) is 5.69 Å². The van der Waals surface area contributed by atoms with Crippen LogP contribution in [0.15, 0.2) is 24.3 Å². The predicted octanol–water partition coefficient (Wildman–Crippen LogP) is -0.289. The lowest BCUT2D eigenvalue weighted by Crippen LogP contribution is -2.37. The molecule has 0 aliphatic heterocycles. The molecule has 1 unspecified atom stereocenters. The predicted molar refractivity (Wildman–Crippen MR) is 72.7 cm³/mol. The summed E-state index contributed by atoms with van der Waals surface area (Å²) < 4.78 is 1.51. The van der Waals surface area contributed by atoms with Gasteiger partial charge >= 0.3 is 5.97 Å². The first-order valence-corrected chi connectivity index (χ1v) is 6.11. The van der Waals surface area contributed by atoms with Crippen LogP contribution in [0.25, 0.3) is 5.69 Å². The van der Waals surface area contributed by atoms with Gasteiger partial charge in [-0.1, -0.05) is 6.07 Å². The lowest BCUT2D eigenvalue weighted by Gasteiger charge is -2.11. The molecule has 9 heteroatoms. The number of amides is 1. The third-order valence-corrected chi connectivity index (χ3v) is 2.71. The number of rotatable bonds is 5. The molecule has 4 N–H and O–H groups in total. The quantitative estimate of drug-likeness (QED) is 0.688. The number of anilines is 1. The van der Waals surface area contributed by atoms with Gasteiger partial charge in [0.1, 0.15) is 0 Å². The molecular weight excluding hydrogens is 276 g/mol. The smallest absolute Gasteiger partial charge is 0.305 e. The first-order chi connectivity index (χ1) is 9.97. The van der Waals surface area contributed by atoms with Gasteiger partial charge in [-0.15, -0.1) is 5.10 Å². The van der Waals surface area contributed by atoms with Gasteiger partial charge in [-0.25, -0.2) is 0 Å². The molecule has 1 aromatic heterocycles. The molecule has 21 heavy (non-hydrogen) atoms. The van der Waals surface area contributed by atoms with Crippen LogP contribution in [0.3, 0.4) is 0 Å². The Labute approximate surface area is 119 Å². The number of benzene rings is 1. The standard InChI is InChI=1S/C12H14N6O3/c1-7-15-16-17-18(7)9-4-2-3-8(5-9)14-12(21)10(13)6-11(19)20/h2-5,10H,6,13H2,1H3,(H,14,21)(H,19,20). The van der Waals surface area contributed by atoms with Crippen molar-refractivity contribution in [3.8, 4) is 5.69 Å². The van der Waals surface area contributed by atoms with Gasteiger partial charge in [-0.05, 0) is 35.5 Å². The van der Waals surface area contributed by atoms with Gasteiger partial charge in [-0.3, -0.25) is 9.59 Å². The molecule has 0 bridgehead atoms. The van der Waals surface area contributed by atoms with E-state index in [1.807, 2.05) is 0 Å². The fourth-order valence-corrected chi connectivity index (χ4v) is 1.70. The molecule has 1 aromatic carbocycles. The minimum atomic E-state index is -1.13. The first-order valence-electron chi connectivity index (χ1n) is 6.11. The highest BCUT2D eigenvalue weighted by atomic mass is 16.4. The zero-order valence-electron chi connectivity index (χ0n) is 11.2. The number of nitrogens with zero attached hydrogens (tertiary/aromatic N) is 4. The number of aryl methyl sites for hydroxylation is 1. The van der Waals surface area contributed by atoms with Crippen molar-refractivity contribution in [3.05, 3.63) is 30.1 Å². The van der Waals surface area contributed by atoms with Gasteiger partial charge in [-0.2, -0.15) is 4.68 Å². The van der Waals surface area contributed by atoms with Crippen LogP contribution in [0.5, 0.6) is 0 Å². The summed E-state index contributed by atoms with van der Waals surface area (Å²) in [7, 11) is 0. The summed E-state index contributed by atoms with van der Waals surface area (Å²) in [6.45, 7) is 1.74. The molecule has 0 saturated carbocycles. The van der Waals surface area contributed by atoms with Crippen molar-refractivity contribution in [2.45, 2.75) is 19.4 Å². The van der Waals surface area contributed by atoms with Crippen LogP contribution in [0.2, 0.25) is 0 Å². The van der Waals surface area contributed by atoms with Crippen molar-refractivity contribution >= 4 is 17.6 Å². The van der Waals surface area contributed by atoms with Crippen molar-refractivity contribution in [1.29, 1.82) is 0 Å². The third-order valence-electron chi connectivity index (χ3n) is 2.71. The Hall–Kier alpha value is -2.81. The summed E-state index contributed by atoms with van der Waals surface area (Å²) in [5.41, 5.74) is 6.64. The van der Waals surface area contributed by atoms with E-state index in [9.17, 15) is 9.59 Å². The van der Waals surface area contributed by atoms with E-state index in [4.69, 9.17) is 10.8 Å². The Morgan fingerprint density at radius 1 is 1.48 bits per heavy atom. The van der Waals surface area contributed by atoms with Gasteiger partial charge in [0, 0.05) is 5.69 Å². The molecule has 0 aliphatic rings. The van der Waals surface area contributed by atoms with Crippen molar-refractivity contribution < 1.29 is 14.7 Å². The van der Waals surface area contributed by atoms with E-state index >= 15 is 0 Å². The summed E-state index contributed by atoms with van der Waals surface area (Å²) in [4.78, 5) is 22.3. The molecule has 0 spiro atoms. The van der Waals surface area contributed by atoms with Crippen molar-refractivity contribution in [2.24, 2.45) is 5.73 Å². The SMILES string of the molecule is Cc1nnnn1-c1cccc(NC(=O)C(N)CC(=O)O)c1. The highest BCUT2D eigenvalue weighted by Gasteiger charge is 2.17. The number of carbonyl (C=O) groups is 2. The third kappa shape index (κ3) is 3.60. The number of nitrogens with two attached hydrogens (primary N) is 1. The fraction of sp³-hybridized carbons (Fsp3) is 0.250. The molecule has 1 atom stereocenters. The zero-order valence-corrected chi connectivity index (χ0v) is 11.2. The molecule has 2 aromatic rings. The number of carboxylic acids is 1. The maximum atomic E-state index is 11.8. The second kappa shape index (κ2) is 6.09. The van der Waals surface area contributed by atoms with Crippen LogP contribution >= 0.6 is 0 Å². The molecule has 0 saturated heterocycles. The normalized spacial score (nSPS) is 11.9. The van der Waals surface area contributed by atoms with Crippen molar-refractivity contribution in [1.82, 2.24) is 20.2 Å². The summed E-state index contributed by atoms with van der Waals surface area (Å²) in [5, 5.41) is 22.3. The van der Waals surface area contributed by atoms with E-state index < -0.39 is 24.3 Å². The summed E-state index contributed by atoms with van der Waals surface area (Å²) in [6, 6.07) is 5.70. The highest BCUT2D eigenvalue weighted by molar-refractivity contribution is 5.96. The molecule has 0 aliphatic carbocycles. The number of tetrazole rings is 1. The number of carbonyl (C=O) groups excluding carboxylic acids is 1. The van der Waals surface area contributed by atoms with Crippen LogP contribution in [-0.4, -0.2) is 43.2 Å². The maximum absolute atomic E-state index is 11.8. The Morgan fingerprint density at radius 2 is 2.24 bits per heavy atom. The lowest BCUT2D eigenvalue weighted by molar-refractivity contribution is -0.138. The summed E-state index contributed by atoms with van der Waals surface area (Å²) in [6.07, 6.45) is -0.433. The molecule has 1 heterocycles. The molecule has 110 valence electrons. The Balaban J connectivity index is 2.13. The minimum Gasteiger partial charge on any atom is -0.481 e. The lowest BCUT2D eigenvalue weighted by atomic mass is 10.2. The van der Waals surface area contributed by atoms with E-state index in [0.717, 1.165) is 0 Å². The van der Waals surface area contributed by atoms with E-state index in [0.29, 0.717) is 17.2 Å². The average molecular weight is 290 g/mol. The van der Waals surface area contributed by atoms with E-state index in [1.165, 1.54) is 4.68 Å². The van der Waals surface area contributed by atoms with Crippen molar-refractivity contribution in [3.63, 3.8) is 0 Å². The van der Waals surface area contributed by atoms with E-state index in [1.54, 1.807) is 31.2 Å². The molecule has 1 amide bonds. The number of carboxylic acid groups (broad SMARTS) is 1. The Kier molecular flexibility index (Phi) is 4.24. The van der Waals surface area contributed by atoms with E-state index in [2.05, 4.69) is 20.8 Å². The number of hydrogen-bond acceptors (Lipinski definition) is 6. The highest BCUT2D eigenvalue weighted by Crippen LogP contribution is 2.14. The van der Waals surface area contributed by atoms with Gasteiger partial charge in [0.2, 0.25) is 5.91 Å². The minimum absolute atomic E-state index is 0.433. The van der Waals surface area contributed by atoms with Crippen LogP contribution in [-0.2, 0) is 9.59 Å². The first kappa shape index (κ1) is 14.6. The van der Waals surface area contributed by atoms with Crippen LogP contribution in [0.1, 0.15) is 12.2 Å². The van der Waals surface area contributed by atoms with Gasteiger partial charge in [0.25, 0.3) is 0 Å². The largest absolute Gasteiger partial charge is 0.481 e. The maximum Gasteiger partial charge on any atom is 0.305 e. The molecule has 0 fully saturated rings. The molecular formula is C12H14N6O3. The van der Waals surface area contributed by atoms with E-state index in [-0.39, 0.29) is 0 Å². The van der Waals surface area contributed by atoms with Gasteiger partial charge in [0.05, 0.1) is 18.2 Å². The summed E-state index contributed by atoms with van der Waals surface area (Å²) in [5.74, 6) is -1.10.